The van der Waals surface area contributed by atoms with Gasteiger partial charge in [0.25, 0.3) is 0 Å². The van der Waals surface area contributed by atoms with Crippen molar-refractivity contribution >= 4 is 21.5 Å². The van der Waals surface area contributed by atoms with Gasteiger partial charge in [-0.1, -0.05) is 109 Å². The number of hydrogen-bond donors (Lipinski definition) is 0. The van der Waals surface area contributed by atoms with Crippen LogP contribution in [0.15, 0.2) is 146 Å². The van der Waals surface area contributed by atoms with Gasteiger partial charge in [0, 0.05) is 32.7 Å². The minimum absolute atomic E-state index is 0. The first-order chi connectivity index (χ1) is 18.9. The summed E-state index contributed by atoms with van der Waals surface area (Å²) >= 11 is 0. The predicted octanol–water partition coefficient (Wildman–Crippen LogP) is 10.3. The fourth-order valence-electron chi connectivity index (χ4n) is 5.61. The van der Waals surface area contributed by atoms with Gasteiger partial charge in [-0.2, -0.15) is 42.0 Å². The standard InChI is InChI=1S/C38H24.Y/c1-3-14-27(15-4-1)29-18-13-19-30(26-29)37-33-22-9-11-24-35(33)38(36-25-12-10-23-34(36)37)32-21-8-7-20-31(32)28-16-5-2-6-17-28;/h1-14,16-25H;/q-2;. The Labute approximate surface area is 254 Å². The molecule has 7 aromatic rings. The largest absolute Gasteiger partial charge is 0.209 e. The molecule has 181 valence electrons. The van der Waals surface area contributed by atoms with E-state index in [1.807, 2.05) is 12.1 Å². The van der Waals surface area contributed by atoms with E-state index in [4.69, 9.17) is 0 Å². The van der Waals surface area contributed by atoms with Crippen molar-refractivity contribution in [3.05, 3.63) is 158 Å². The third kappa shape index (κ3) is 4.65. The summed E-state index contributed by atoms with van der Waals surface area (Å²) in [5, 5.41) is 4.95. The quantitative estimate of drug-likeness (QED) is 0.146. The molecule has 0 heterocycles. The molecule has 7 rings (SSSR count). The fraction of sp³-hybridized carbons (Fsp3) is 0. The number of fused-ring (bicyclic) bond motifs is 2. The van der Waals surface area contributed by atoms with Crippen molar-refractivity contribution in [2.75, 3.05) is 0 Å². The summed E-state index contributed by atoms with van der Waals surface area (Å²) in [5.41, 5.74) is 9.39. The Kier molecular flexibility index (Phi) is 7.25. The zero-order chi connectivity index (χ0) is 25.3. The number of benzene rings is 7. The van der Waals surface area contributed by atoms with Crippen molar-refractivity contribution in [1.29, 1.82) is 0 Å². The van der Waals surface area contributed by atoms with Crippen molar-refractivity contribution in [2.45, 2.75) is 0 Å². The topological polar surface area (TPSA) is 0 Å². The molecule has 0 nitrogen and oxygen atoms in total. The van der Waals surface area contributed by atoms with E-state index < -0.39 is 0 Å². The molecule has 0 aromatic heterocycles. The van der Waals surface area contributed by atoms with Gasteiger partial charge in [-0.05, 0) is 43.8 Å². The van der Waals surface area contributed by atoms with Gasteiger partial charge in [-0.3, -0.25) is 0 Å². The van der Waals surface area contributed by atoms with Gasteiger partial charge >= 0.3 is 0 Å². The molecule has 1 radical (unpaired) electrons. The molecule has 7 aromatic carbocycles. The second kappa shape index (κ2) is 11.1. The Balaban J connectivity index is 0.00000277. The van der Waals surface area contributed by atoms with Gasteiger partial charge in [-0.25, -0.2) is 5.56 Å². The summed E-state index contributed by atoms with van der Waals surface area (Å²) in [6.07, 6.45) is 0. The van der Waals surface area contributed by atoms with E-state index in [2.05, 4.69) is 146 Å². The fourth-order valence-corrected chi connectivity index (χ4v) is 5.61. The van der Waals surface area contributed by atoms with Crippen LogP contribution in [0, 0.1) is 12.1 Å². The maximum atomic E-state index is 3.73. The molecule has 0 aliphatic heterocycles. The summed E-state index contributed by atoms with van der Waals surface area (Å²) < 4.78 is 0. The first kappa shape index (κ1) is 25.4. The van der Waals surface area contributed by atoms with Gasteiger partial charge in [0.05, 0.1) is 0 Å². The van der Waals surface area contributed by atoms with Crippen LogP contribution >= 0.6 is 0 Å². The van der Waals surface area contributed by atoms with Crippen molar-refractivity contribution in [1.82, 2.24) is 0 Å². The monoisotopic (exact) mass is 569 g/mol. The number of hydrogen-bond acceptors (Lipinski definition) is 0. The first-order valence-electron chi connectivity index (χ1n) is 13.0. The minimum atomic E-state index is 0. The van der Waals surface area contributed by atoms with Crippen LogP contribution in [0.2, 0.25) is 0 Å². The van der Waals surface area contributed by atoms with Crippen LogP contribution in [0.1, 0.15) is 0 Å². The zero-order valence-electron chi connectivity index (χ0n) is 21.4. The Morgan fingerprint density at radius 3 is 1.51 bits per heavy atom. The van der Waals surface area contributed by atoms with Crippen LogP contribution in [0.3, 0.4) is 0 Å². The van der Waals surface area contributed by atoms with E-state index in [1.165, 1.54) is 49.4 Å². The zero-order valence-corrected chi connectivity index (χ0v) is 24.3. The van der Waals surface area contributed by atoms with Crippen LogP contribution in [0.5, 0.6) is 0 Å². The number of rotatable bonds is 4. The Hall–Kier alpha value is -3.84. The van der Waals surface area contributed by atoms with E-state index >= 15 is 0 Å². The molecule has 39 heavy (non-hydrogen) atoms. The van der Waals surface area contributed by atoms with E-state index in [9.17, 15) is 0 Å². The molecule has 0 atom stereocenters. The molecule has 0 spiro atoms. The van der Waals surface area contributed by atoms with Gasteiger partial charge in [0.1, 0.15) is 0 Å². The maximum absolute atomic E-state index is 3.73. The Bertz CT molecular complexity index is 1850. The molecule has 0 bridgehead atoms. The summed E-state index contributed by atoms with van der Waals surface area (Å²) in [5.74, 6) is 0. The minimum Gasteiger partial charge on any atom is -0.209 e. The molecule has 0 fully saturated rings. The maximum Gasteiger partial charge on any atom is 0 e. The van der Waals surface area contributed by atoms with Crippen molar-refractivity contribution in [2.24, 2.45) is 0 Å². The van der Waals surface area contributed by atoms with E-state index in [0.717, 1.165) is 16.7 Å². The third-order valence-corrected chi connectivity index (χ3v) is 7.28. The van der Waals surface area contributed by atoms with Crippen molar-refractivity contribution in [3.63, 3.8) is 0 Å². The van der Waals surface area contributed by atoms with E-state index in [1.54, 1.807) is 0 Å². The molecule has 0 aliphatic carbocycles. The van der Waals surface area contributed by atoms with Crippen molar-refractivity contribution in [3.8, 4) is 44.5 Å². The van der Waals surface area contributed by atoms with Gasteiger partial charge < -0.3 is 0 Å². The molecule has 0 N–H and O–H groups in total. The van der Waals surface area contributed by atoms with Gasteiger partial charge in [-0.15, -0.1) is 23.8 Å². The molecule has 0 unspecified atom stereocenters. The summed E-state index contributed by atoms with van der Waals surface area (Å²) in [6.45, 7) is 0. The molecule has 0 aliphatic rings. The van der Waals surface area contributed by atoms with Crippen LogP contribution in [0.4, 0.5) is 0 Å². The normalized spacial score (nSPS) is 10.9. The molecule has 0 saturated heterocycles. The van der Waals surface area contributed by atoms with Crippen LogP contribution < -0.4 is 0 Å². The molecular weight excluding hydrogens is 545 g/mol. The molecule has 0 amide bonds. The molecular formula is C38H24Y-2. The SMILES string of the molecule is [Y].[c-]1ccccc1-c1[c-]c(-c2c3ccccc3c(-c3ccccc3-c3ccccc3)c3ccccc23)ccc1. The van der Waals surface area contributed by atoms with Crippen molar-refractivity contribution < 1.29 is 32.7 Å². The van der Waals surface area contributed by atoms with Gasteiger partial charge in [0.15, 0.2) is 0 Å². The average Bonchev–Trinajstić information content (AvgIpc) is 3.01. The first-order valence-corrected chi connectivity index (χ1v) is 13.0. The third-order valence-electron chi connectivity index (χ3n) is 7.28. The van der Waals surface area contributed by atoms with Crippen LogP contribution in [-0.2, 0) is 32.7 Å². The molecule has 1 heteroatoms. The van der Waals surface area contributed by atoms with Gasteiger partial charge in [0.2, 0.25) is 0 Å². The Morgan fingerprint density at radius 1 is 0.359 bits per heavy atom. The summed E-state index contributed by atoms with van der Waals surface area (Å²) in [6, 6.07) is 58.7. The second-order valence-corrected chi connectivity index (χ2v) is 9.51. The van der Waals surface area contributed by atoms with Crippen LogP contribution in [0.25, 0.3) is 66.1 Å². The smallest absolute Gasteiger partial charge is 0 e. The Morgan fingerprint density at radius 2 is 0.872 bits per heavy atom. The van der Waals surface area contributed by atoms with E-state index in [0.29, 0.717) is 0 Å². The predicted molar refractivity (Wildman–Crippen MR) is 161 cm³/mol. The van der Waals surface area contributed by atoms with E-state index in [-0.39, 0.29) is 32.7 Å². The summed E-state index contributed by atoms with van der Waals surface area (Å²) in [7, 11) is 0. The average molecular weight is 570 g/mol. The second-order valence-electron chi connectivity index (χ2n) is 9.51. The summed E-state index contributed by atoms with van der Waals surface area (Å²) in [4.78, 5) is 0. The molecule has 0 saturated carbocycles. The van der Waals surface area contributed by atoms with Crippen LogP contribution in [-0.4, -0.2) is 0 Å².